The van der Waals surface area contributed by atoms with Crippen molar-refractivity contribution in [2.45, 2.75) is 6.18 Å². The van der Waals surface area contributed by atoms with Gasteiger partial charge in [-0.05, 0) is 47.9 Å². The van der Waals surface area contributed by atoms with Crippen molar-refractivity contribution in [3.05, 3.63) is 70.4 Å². The number of amides is 1. The van der Waals surface area contributed by atoms with E-state index in [1.165, 1.54) is 29.5 Å². The molecular formula is C18H12F3NOS2. The molecule has 0 saturated carbocycles. The predicted molar refractivity (Wildman–Crippen MR) is 96.7 cm³/mol. The Bertz CT molecular complexity index is 895. The first-order valence-corrected chi connectivity index (χ1v) is 8.91. The third-order valence-electron chi connectivity index (χ3n) is 3.25. The van der Waals surface area contributed by atoms with Crippen LogP contribution < -0.4 is 5.32 Å². The molecule has 2 aromatic heterocycles. The van der Waals surface area contributed by atoms with Crippen LogP contribution in [0.2, 0.25) is 0 Å². The van der Waals surface area contributed by atoms with Crippen LogP contribution in [0.5, 0.6) is 0 Å². The summed E-state index contributed by atoms with van der Waals surface area (Å²) >= 11 is 3.17. The van der Waals surface area contributed by atoms with E-state index in [1.807, 2.05) is 29.6 Å². The largest absolute Gasteiger partial charge is 0.416 e. The summed E-state index contributed by atoms with van der Waals surface area (Å²) in [5.41, 5.74) is -0.692. The fourth-order valence-electron chi connectivity index (χ4n) is 2.11. The molecular weight excluding hydrogens is 367 g/mol. The van der Waals surface area contributed by atoms with Gasteiger partial charge in [-0.1, -0.05) is 12.1 Å². The molecule has 3 rings (SSSR count). The molecule has 128 valence electrons. The number of benzene rings is 1. The number of hydrogen-bond acceptors (Lipinski definition) is 3. The minimum absolute atomic E-state index is 0.106. The summed E-state index contributed by atoms with van der Waals surface area (Å²) in [6.45, 7) is 0. The molecule has 0 radical (unpaired) electrons. The molecule has 0 unspecified atom stereocenters. The van der Waals surface area contributed by atoms with Gasteiger partial charge in [0, 0.05) is 26.4 Å². The van der Waals surface area contributed by atoms with E-state index in [-0.39, 0.29) is 5.69 Å². The van der Waals surface area contributed by atoms with Gasteiger partial charge >= 0.3 is 6.18 Å². The predicted octanol–water partition coefficient (Wildman–Crippen LogP) is 6.15. The van der Waals surface area contributed by atoms with E-state index < -0.39 is 17.6 Å². The summed E-state index contributed by atoms with van der Waals surface area (Å²) in [5, 5.41) is 4.43. The first-order chi connectivity index (χ1) is 11.9. The van der Waals surface area contributed by atoms with Gasteiger partial charge in [-0.25, -0.2) is 0 Å². The third-order valence-corrected chi connectivity index (χ3v) is 5.36. The van der Waals surface area contributed by atoms with Crippen LogP contribution in [0.15, 0.2) is 60.0 Å². The first kappa shape index (κ1) is 17.4. The Morgan fingerprint density at radius 2 is 1.88 bits per heavy atom. The van der Waals surface area contributed by atoms with Crippen LogP contribution >= 0.6 is 22.7 Å². The summed E-state index contributed by atoms with van der Waals surface area (Å²) in [7, 11) is 0. The number of halogens is 3. The van der Waals surface area contributed by atoms with Gasteiger partial charge in [-0.2, -0.15) is 13.2 Å². The molecule has 0 aliphatic rings. The zero-order valence-electron chi connectivity index (χ0n) is 12.7. The van der Waals surface area contributed by atoms with Gasteiger partial charge < -0.3 is 5.32 Å². The normalized spacial score (nSPS) is 11.8. The molecule has 1 amide bonds. The lowest BCUT2D eigenvalue weighted by Gasteiger charge is -2.08. The number of anilines is 1. The van der Waals surface area contributed by atoms with Crippen molar-refractivity contribution in [1.29, 1.82) is 0 Å². The highest BCUT2D eigenvalue weighted by molar-refractivity contribution is 7.21. The summed E-state index contributed by atoms with van der Waals surface area (Å²) in [6, 6.07) is 12.4. The molecule has 3 aromatic rings. The molecule has 1 N–H and O–H groups in total. The molecule has 2 heterocycles. The summed E-state index contributed by atoms with van der Waals surface area (Å²) < 4.78 is 38.0. The average Bonchev–Trinajstić information content (AvgIpc) is 3.24. The first-order valence-electron chi connectivity index (χ1n) is 7.22. The van der Waals surface area contributed by atoms with Gasteiger partial charge in [-0.3, -0.25) is 4.79 Å². The number of hydrogen-bond donors (Lipinski definition) is 1. The minimum atomic E-state index is -4.44. The zero-order chi connectivity index (χ0) is 17.9. The molecule has 25 heavy (non-hydrogen) atoms. The maximum Gasteiger partial charge on any atom is 0.416 e. The standard InChI is InChI=1S/C18H12F3NOS2/c19-18(20,21)12-3-1-4-13(11-12)22-17(23)9-7-14-6-8-16(25-14)15-5-2-10-24-15/h1-11H,(H,22,23)/b9-7+. The molecule has 0 fully saturated rings. The summed E-state index contributed by atoms with van der Waals surface area (Å²) in [4.78, 5) is 15.1. The molecule has 7 heteroatoms. The Balaban J connectivity index is 1.66. The second kappa shape index (κ2) is 7.25. The van der Waals surface area contributed by atoms with E-state index in [9.17, 15) is 18.0 Å². The number of carbonyl (C=O) groups is 1. The maximum atomic E-state index is 12.7. The SMILES string of the molecule is O=C(/C=C/c1ccc(-c2cccs2)s1)Nc1cccc(C(F)(F)F)c1. The molecule has 2 nitrogen and oxygen atoms in total. The lowest BCUT2D eigenvalue weighted by Crippen LogP contribution is -2.10. The van der Waals surface area contributed by atoms with E-state index >= 15 is 0 Å². The highest BCUT2D eigenvalue weighted by Crippen LogP contribution is 2.32. The highest BCUT2D eigenvalue weighted by atomic mass is 32.1. The van der Waals surface area contributed by atoms with Crippen LogP contribution in [-0.4, -0.2) is 5.91 Å². The average molecular weight is 379 g/mol. The number of nitrogens with one attached hydrogen (secondary N) is 1. The van der Waals surface area contributed by atoms with Crippen molar-refractivity contribution in [1.82, 2.24) is 0 Å². The fraction of sp³-hybridized carbons (Fsp3) is 0.0556. The van der Waals surface area contributed by atoms with Crippen molar-refractivity contribution in [3.63, 3.8) is 0 Å². The number of alkyl halides is 3. The second-order valence-corrected chi connectivity index (χ2v) is 7.14. The van der Waals surface area contributed by atoms with Crippen LogP contribution in [0.25, 0.3) is 15.8 Å². The molecule has 0 bridgehead atoms. The van der Waals surface area contributed by atoms with Crippen molar-refractivity contribution in [2.24, 2.45) is 0 Å². The number of thiophene rings is 2. The molecule has 0 aliphatic carbocycles. The van der Waals surface area contributed by atoms with Crippen LogP contribution in [0.3, 0.4) is 0 Å². The van der Waals surface area contributed by atoms with Gasteiger partial charge in [0.2, 0.25) is 5.91 Å². The quantitative estimate of drug-likeness (QED) is 0.542. The topological polar surface area (TPSA) is 29.1 Å². The summed E-state index contributed by atoms with van der Waals surface area (Å²) in [6.07, 6.45) is -1.49. The van der Waals surface area contributed by atoms with E-state index in [0.717, 1.165) is 26.8 Å². The Morgan fingerprint density at radius 1 is 1.04 bits per heavy atom. The van der Waals surface area contributed by atoms with Crippen LogP contribution in [0.4, 0.5) is 18.9 Å². The van der Waals surface area contributed by atoms with Crippen LogP contribution in [-0.2, 0) is 11.0 Å². The Hall–Kier alpha value is -2.38. The van der Waals surface area contributed by atoms with Crippen molar-refractivity contribution < 1.29 is 18.0 Å². The Morgan fingerprint density at radius 3 is 2.60 bits per heavy atom. The lowest BCUT2D eigenvalue weighted by molar-refractivity contribution is -0.137. The fourth-order valence-corrected chi connectivity index (χ4v) is 3.85. The zero-order valence-corrected chi connectivity index (χ0v) is 14.3. The van der Waals surface area contributed by atoms with Crippen LogP contribution in [0.1, 0.15) is 10.4 Å². The van der Waals surface area contributed by atoms with Gasteiger partial charge in [0.1, 0.15) is 0 Å². The second-order valence-electron chi connectivity index (χ2n) is 5.08. The molecule has 1 aromatic carbocycles. The Labute approximate surface area is 150 Å². The number of carbonyl (C=O) groups excluding carboxylic acids is 1. The van der Waals surface area contributed by atoms with E-state index in [1.54, 1.807) is 17.4 Å². The van der Waals surface area contributed by atoms with Crippen LogP contribution in [0, 0.1) is 0 Å². The third kappa shape index (κ3) is 4.58. The maximum absolute atomic E-state index is 12.7. The minimum Gasteiger partial charge on any atom is -0.322 e. The van der Waals surface area contributed by atoms with Crippen molar-refractivity contribution >= 4 is 40.3 Å². The van der Waals surface area contributed by atoms with Gasteiger partial charge in [0.05, 0.1) is 5.56 Å². The van der Waals surface area contributed by atoms with Gasteiger partial charge in [0.15, 0.2) is 0 Å². The van der Waals surface area contributed by atoms with Crippen molar-refractivity contribution in [3.8, 4) is 9.75 Å². The molecule has 0 spiro atoms. The molecule has 0 saturated heterocycles. The van der Waals surface area contributed by atoms with E-state index in [2.05, 4.69) is 5.32 Å². The number of rotatable bonds is 4. The smallest absolute Gasteiger partial charge is 0.322 e. The molecule has 0 aliphatic heterocycles. The molecule has 0 atom stereocenters. The highest BCUT2D eigenvalue weighted by Gasteiger charge is 2.30. The van der Waals surface area contributed by atoms with E-state index in [0.29, 0.717) is 0 Å². The van der Waals surface area contributed by atoms with Gasteiger partial charge in [-0.15, -0.1) is 22.7 Å². The Kier molecular flexibility index (Phi) is 5.06. The van der Waals surface area contributed by atoms with E-state index in [4.69, 9.17) is 0 Å². The monoisotopic (exact) mass is 379 g/mol. The van der Waals surface area contributed by atoms with Crippen molar-refractivity contribution in [2.75, 3.05) is 5.32 Å². The lowest BCUT2D eigenvalue weighted by atomic mass is 10.2. The summed E-state index contributed by atoms with van der Waals surface area (Å²) in [5.74, 6) is -0.481. The van der Waals surface area contributed by atoms with Gasteiger partial charge in [0.25, 0.3) is 0 Å².